The summed E-state index contributed by atoms with van der Waals surface area (Å²) in [6.45, 7) is 2.81. The normalized spacial score (nSPS) is 28.4. The topological polar surface area (TPSA) is 45.2 Å². The number of hydrogen-bond acceptors (Lipinski definition) is 3. The Morgan fingerprint density at radius 3 is 2.65 bits per heavy atom. The van der Waals surface area contributed by atoms with Crippen LogP contribution < -0.4 is 5.32 Å². The Morgan fingerprint density at radius 1 is 1.40 bits per heavy atom. The summed E-state index contributed by atoms with van der Waals surface area (Å²) < 4.78 is 0.900. The van der Waals surface area contributed by atoms with Gasteiger partial charge in [0.2, 0.25) is 0 Å². The molecule has 4 nitrogen and oxygen atoms in total. The summed E-state index contributed by atoms with van der Waals surface area (Å²) >= 11 is 3.35. The highest BCUT2D eigenvalue weighted by atomic mass is 79.9. The second kappa shape index (κ2) is 5.82. The largest absolute Gasteiger partial charge is 0.334 e. The number of nitrogens with one attached hydrogen (secondary N) is 1. The standard InChI is InChI=1S/C15H20BrN3O/c1-2-19(13-7-11-4-5-12(8-13)18-11)15(20)14-6-3-10(16)9-17-14/h3,6,9,11-13,18H,2,4-5,7-8H2,1H3. The van der Waals surface area contributed by atoms with Crippen molar-refractivity contribution in [2.75, 3.05) is 6.54 Å². The molecule has 20 heavy (non-hydrogen) atoms. The van der Waals surface area contributed by atoms with Gasteiger partial charge in [-0.3, -0.25) is 4.79 Å². The number of pyridine rings is 1. The van der Waals surface area contributed by atoms with E-state index in [4.69, 9.17) is 0 Å². The van der Waals surface area contributed by atoms with Crippen LogP contribution in [0.3, 0.4) is 0 Å². The van der Waals surface area contributed by atoms with Crippen molar-refractivity contribution in [2.24, 2.45) is 0 Å². The highest BCUT2D eigenvalue weighted by Gasteiger charge is 2.37. The lowest BCUT2D eigenvalue weighted by molar-refractivity contribution is 0.0625. The summed E-state index contributed by atoms with van der Waals surface area (Å²) in [5.74, 6) is 0.0614. The number of carbonyl (C=O) groups is 1. The van der Waals surface area contributed by atoms with Gasteiger partial charge in [0, 0.05) is 35.3 Å². The van der Waals surface area contributed by atoms with Crippen LogP contribution in [0.25, 0.3) is 0 Å². The molecule has 1 aromatic heterocycles. The van der Waals surface area contributed by atoms with Crippen molar-refractivity contribution in [1.82, 2.24) is 15.2 Å². The fourth-order valence-corrected chi connectivity index (χ4v) is 3.73. The summed E-state index contributed by atoms with van der Waals surface area (Å²) in [6, 6.07) is 5.22. The molecule has 108 valence electrons. The van der Waals surface area contributed by atoms with E-state index in [9.17, 15) is 4.79 Å². The van der Waals surface area contributed by atoms with Gasteiger partial charge >= 0.3 is 0 Å². The van der Waals surface area contributed by atoms with Gasteiger partial charge in [0.1, 0.15) is 5.69 Å². The molecule has 1 aromatic rings. The lowest BCUT2D eigenvalue weighted by Crippen LogP contribution is -2.50. The third-order valence-corrected chi connectivity index (χ3v) is 4.91. The summed E-state index contributed by atoms with van der Waals surface area (Å²) in [4.78, 5) is 18.9. The summed E-state index contributed by atoms with van der Waals surface area (Å²) in [6.07, 6.45) is 6.35. The third kappa shape index (κ3) is 2.74. The van der Waals surface area contributed by atoms with Crippen LogP contribution in [-0.4, -0.2) is 40.5 Å². The van der Waals surface area contributed by atoms with E-state index in [1.54, 1.807) is 12.3 Å². The highest BCUT2D eigenvalue weighted by molar-refractivity contribution is 9.10. The first-order valence-corrected chi connectivity index (χ1v) is 8.15. The first kappa shape index (κ1) is 14.0. The van der Waals surface area contributed by atoms with E-state index in [-0.39, 0.29) is 5.91 Å². The van der Waals surface area contributed by atoms with Gasteiger partial charge in [-0.25, -0.2) is 4.98 Å². The van der Waals surface area contributed by atoms with E-state index in [1.807, 2.05) is 11.0 Å². The minimum absolute atomic E-state index is 0.0614. The fraction of sp³-hybridized carbons (Fsp3) is 0.600. The summed E-state index contributed by atoms with van der Waals surface area (Å²) in [7, 11) is 0. The molecular weight excluding hydrogens is 318 g/mol. The third-order valence-electron chi connectivity index (χ3n) is 4.44. The molecule has 2 aliphatic heterocycles. The van der Waals surface area contributed by atoms with Crippen LogP contribution in [-0.2, 0) is 0 Å². The lowest BCUT2D eigenvalue weighted by Gasteiger charge is -2.37. The monoisotopic (exact) mass is 337 g/mol. The average Bonchev–Trinajstić information content (AvgIpc) is 2.79. The quantitative estimate of drug-likeness (QED) is 0.921. The van der Waals surface area contributed by atoms with E-state index in [1.165, 1.54) is 12.8 Å². The molecule has 2 atom stereocenters. The van der Waals surface area contributed by atoms with Crippen molar-refractivity contribution < 1.29 is 4.79 Å². The maximum Gasteiger partial charge on any atom is 0.272 e. The highest BCUT2D eigenvalue weighted by Crippen LogP contribution is 2.30. The predicted molar refractivity (Wildman–Crippen MR) is 81.6 cm³/mol. The number of amides is 1. The molecule has 2 unspecified atom stereocenters. The number of aromatic nitrogens is 1. The molecule has 0 saturated carbocycles. The van der Waals surface area contributed by atoms with Crippen LogP contribution >= 0.6 is 15.9 Å². The zero-order valence-corrected chi connectivity index (χ0v) is 13.3. The Balaban J connectivity index is 1.75. The first-order chi connectivity index (χ1) is 9.67. The molecule has 2 saturated heterocycles. The van der Waals surface area contributed by atoms with Crippen LogP contribution in [0.4, 0.5) is 0 Å². The number of carbonyl (C=O) groups excluding carboxylic acids is 1. The number of fused-ring (bicyclic) bond motifs is 2. The molecule has 2 bridgehead atoms. The molecule has 2 aliphatic rings. The number of halogens is 1. The molecule has 1 amide bonds. The van der Waals surface area contributed by atoms with E-state index in [0.717, 1.165) is 23.9 Å². The number of nitrogens with zero attached hydrogens (tertiary/aromatic N) is 2. The summed E-state index contributed by atoms with van der Waals surface area (Å²) in [5.41, 5.74) is 0.543. The van der Waals surface area contributed by atoms with Crippen LogP contribution in [0.15, 0.2) is 22.8 Å². The Morgan fingerprint density at radius 2 is 2.10 bits per heavy atom. The molecule has 0 aromatic carbocycles. The van der Waals surface area contributed by atoms with Gasteiger partial charge in [-0.1, -0.05) is 0 Å². The van der Waals surface area contributed by atoms with E-state index in [0.29, 0.717) is 23.8 Å². The number of hydrogen-bond donors (Lipinski definition) is 1. The number of rotatable bonds is 3. The second-order valence-corrected chi connectivity index (χ2v) is 6.63. The smallest absolute Gasteiger partial charge is 0.272 e. The van der Waals surface area contributed by atoms with E-state index < -0.39 is 0 Å². The zero-order valence-electron chi connectivity index (χ0n) is 11.7. The molecule has 1 N–H and O–H groups in total. The first-order valence-electron chi connectivity index (χ1n) is 7.36. The minimum atomic E-state index is 0.0614. The zero-order chi connectivity index (χ0) is 14.1. The molecule has 0 aliphatic carbocycles. The van der Waals surface area contributed by atoms with Gasteiger partial charge in [0.05, 0.1) is 0 Å². The molecule has 5 heteroatoms. The Labute approximate surface area is 128 Å². The van der Waals surface area contributed by atoms with Gasteiger partial charge in [-0.15, -0.1) is 0 Å². The second-order valence-electron chi connectivity index (χ2n) is 5.72. The lowest BCUT2D eigenvalue weighted by atomic mass is 9.98. The van der Waals surface area contributed by atoms with Crippen LogP contribution in [0.1, 0.15) is 43.1 Å². The molecule has 0 radical (unpaired) electrons. The average molecular weight is 338 g/mol. The van der Waals surface area contributed by atoms with E-state index >= 15 is 0 Å². The Kier molecular flexibility index (Phi) is 4.08. The maximum absolute atomic E-state index is 12.6. The molecule has 0 spiro atoms. The minimum Gasteiger partial charge on any atom is -0.334 e. The van der Waals surface area contributed by atoms with Crippen molar-refractivity contribution in [2.45, 2.75) is 50.7 Å². The Hall–Kier alpha value is -0.940. The van der Waals surface area contributed by atoms with Gasteiger partial charge < -0.3 is 10.2 Å². The fourth-order valence-electron chi connectivity index (χ4n) is 3.50. The Bertz CT molecular complexity index is 478. The van der Waals surface area contributed by atoms with Gasteiger partial charge in [-0.2, -0.15) is 0 Å². The van der Waals surface area contributed by atoms with Gasteiger partial charge in [-0.05, 0) is 60.7 Å². The molecule has 2 fully saturated rings. The van der Waals surface area contributed by atoms with Crippen LogP contribution in [0.2, 0.25) is 0 Å². The predicted octanol–water partition coefficient (Wildman–Crippen LogP) is 2.59. The molecule has 3 rings (SSSR count). The molecular formula is C15H20BrN3O. The van der Waals surface area contributed by atoms with Gasteiger partial charge in [0.15, 0.2) is 0 Å². The molecule has 3 heterocycles. The maximum atomic E-state index is 12.6. The SMILES string of the molecule is CCN(C(=O)c1ccc(Br)cn1)C1CC2CCC(C1)N2. The van der Waals surface area contributed by atoms with Gasteiger partial charge in [0.25, 0.3) is 5.91 Å². The van der Waals surface area contributed by atoms with Crippen molar-refractivity contribution in [1.29, 1.82) is 0 Å². The number of piperidine rings is 1. The van der Waals surface area contributed by atoms with Crippen molar-refractivity contribution in [3.63, 3.8) is 0 Å². The van der Waals surface area contributed by atoms with Crippen LogP contribution in [0.5, 0.6) is 0 Å². The van der Waals surface area contributed by atoms with Crippen LogP contribution in [0, 0.1) is 0 Å². The summed E-state index contributed by atoms with van der Waals surface area (Å²) in [5, 5.41) is 3.63. The van der Waals surface area contributed by atoms with E-state index in [2.05, 4.69) is 33.2 Å². The van der Waals surface area contributed by atoms with Crippen molar-refractivity contribution in [3.8, 4) is 0 Å². The van der Waals surface area contributed by atoms with Crippen molar-refractivity contribution in [3.05, 3.63) is 28.5 Å². The van der Waals surface area contributed by atoms with Crippen molar-refractivity contribution >= 4 is 21.8 Å².